The second-order valence-corrected chi connectivity index (χ2v) is 14.2. The zero-order valence-electron chi connectivity index (χ0n) is 23.6. The average molecular weight is 658 g/mol. The second-order valence-electron chi connectivity index (χ2n) is 10.4. The summed E-state index contributed by atoms with van der Waals surface area (Å²) in [4.78, 5) is 18.6. The van der Waals surface area contributed by atoms with Crippen LogP contribution >= 0.6 is 27.3 Å². The minimum atomic E-state index is -3.73. The number of hydrazone groups is 1. The average Bonchev–Trinajstić information content (AvgIpc) is 3.36. The number of ether oxygens (including phenoxy) is 1. The fraction of sp³-hybridized carbons (Fsp3) is 0.300. The Labute approximate surface area is 253 Å². The van der Waals surface area contributed by atoms with Crippen LogP contribution in [-0.2, 0) is 10.0 Å². The van der Waals surface area contributed by atoms with Crippen molar-refractivity contribution in [2.75, 3.05) is 25.2 Å². The molecule has 0 aliphatic heterocycles. The monoisotopic (exact) mass is 656 g/mol. The summed E-state index contributed by atoms with van der Waals surface area (Å²) in [5, 5.41) is 6.13. The molecule has 0 saturated heterocycles. The summed E-state index contributed by atoms with van der Waals surface area (Å²) < 4.78 is 35.5. The Morgan fingerprint density at radius 1 is 1.00 bits per heavy atom. The number of benzene rings is 3. The normalized spacial score (nSPS) is 12.2. The van der Waals surface area contributed by atoms with Gasteiger partial charge in [0.25, 0.3) is 5.91 Å². The highest BCUT2D eigenvalue weighted by atomic mass is 79.9. The van der Waals surface area contributed by atoms with Crippen molar-refractivity contribution in [2.24, 2.45) is 16.9 Å². The van der Waals surface area contributed by atoms with Crippen molar-refractivity contribution < 1.29 is 17.9 Å². The zero-order valence-corrected chi connectivity index (χ0v) is 26.8. The summed E-state index contributed by atoms with van der Waals surface area (Å²) in [6.07, 6.45) is 1.59. The first-order valence-electron chi connectivity index (χ1n) is 13.2. The highest BCUT2D eigenvalue weighted by Gasteiger charge is 2.27. The molecule has 0 unspecified atom stereocenters. The largest absolute Gasteiger partial charge is 0.497 e. The summed E-state index contributed by atoms with van der Waals surface area (Å²) in [5.74, 6) is 0.602. The molecule has 216 valence electrons. The van der Waals surface area contributed by atoms with Crippen LogP contribution in [0.2, 0.25) is 0 Å². The van der Waals surface area contributed by atoms with E-state index in [2.05, 4.69) is 26.0 Å². The van der Waals surface area contributed by atoms with Crippen LogP contribution in [0, 0.1) is 11.8 Å². The number of anilines is 1. The molecule has 0 fully saturated rings. The van der Waals surface area contributed by atoms with Gasteiger partial charge in [-0.1, -0.05) is 67.1 Å². The van der Waals surface area contributed by atoms with Crippen molar-refractivity contribution in [2.45, 2.75) is 32.6 Å². The number of carbonyl (C=O) groups is 1. The predicted octanol–water partition coefficient (Wildman–Crippen LogP) is 7.05. The van der Waals surface area contributed by atoms with Gasteiger partial charge in [0.15, 0.2) is 0 Å². The highest BCUT2D eigenvalue weighted by molar-refractivity contribution is 9.10. The van der Waals surface area contributed by atoms with E-state index in [1.807, 2.05) is 70.2 Å². The molecule has 1 heterocycles. The maximum absolute atomic E-state index is 13.8. The lowest BCUT2D eigenvalue weighted by Crippen LogP contribution is -2.37. The van der Waals surface area contributed by atoms with Crippen molar-refractivity contribution in [3.63, 3.8) is 0 Å². The van der Waals surface area contributed by atoms with Gasteiger partial charge >= 0.3 is 0 Å². The Hall–Kier alpha value is -3.12. The Balaban J connectivity index is 1.69. The fourth-order valence-electron chi connectivity index (χ4n) is 4.10. The van der Waals surface area contributed by atoms with E-state index in [0.717, 1.165) is 14.7 Å². The Bertz CT molecular complexity index is 1620. The van der Waals surface area contributed by atoms with Gasteiger partial charge in [-0.25, -0.2) is 13.4 Å². The summed E-state index contributed by atoms with van der Waals surface area (Å²) in [6.45, 7) is 8.81. The van der Waals surface area contributed by atoms with E-state index >= 15 is 0 Å². The van der Waals surface area contributed by atoms with Crippen LogP contribution in [0.4, 0.5) is 5.13 Å². The Morgan fingerprint density at radius 3 is 2.22 bits per heavy atom. The van der Waals surface area contributed by atoms with Gasteiger partial charge in [-0.05, 0) is 72.0 Å². The third-order valence-corrected chi connectivity index (χ3v) is 9.39. The molecule has 0 aliphatic carbocycles. The summed E-state index contributed by atoms with van der Waals surface area (Å²) in [7, 11) is -2.13. The third kappa shape index (κ3) is 7.59. The van der Waals surface area contributed by atoms with Gasteiger partial charge in [0.1, 0.15) is 5.75 Å². The minimum Gasteiger partial charge on any atom is -0.497 e. The first-order chi connectivity index (χ1) is 19.5. The molecule has 0 saturated carbocycles. The molecule has 41 heavy (non-hydrogen) atoms. The molecule has 4 rings (SSSR count). The van der Waals surface area contributed by atoms with E-state index in [9.17, 15) is 13.2 Å². The molecular formula is C30H33BrN4O4S2. The second kappa shape index (κ2) is 13.2. The molecule has 0 radical (unpaired) electrons. The molecule has 3 aromatic carbocycles. The van der Waals surface area contributed by atoms with Crippen molar-refractivity contribution in [3.05, 3.63) is 82.3 Å². The van der Waals surface area contributed by atoms with Gasteiger partial charge in [0, 0.05) is 23.1 Å². The number of sulfonamides is 1. The van der Waals surface area contributed by atoms with Crippen LogP contribution in [-0.4, -0.2) is 50.0 Å². The number of aromatic nitrogens is 1. The predicted molar refractivity (Wildman–Crippen MR) is 170 cm³/mol. The van der Waals surface area contributed by atoms with Crippen LogP contribution in [0.5, 0.6) is 5.75 Å². The first kappa shape index (κ1) is 30.8. The molecule has 11 heteroatoms. The molecule has 0 N–H and O–H groups in total. The minimum absolute atomic E-state index is 0.146. The van der Waals surface area contributed by atoms with E-state index in [1.54, 1.807) is 13.3 Å². The molecule has 1 aromatic heterocycles. The molecule has 0 bridgehead atoms. The molecule has 1 amide bonds. The number of methoxy groups -OCH3 is 1. The summed E-state index contributed by atoms with van der Waals surface area (Å²) in [5.41, 5.74) is 1.79. The highest BCUT2D eigenvalue weighted by Crippen LogP contribution is 2.32. The van der Waals surface area contributed by atoms with Gasteiger partial charge in [-0.15, -0.1) is 0 Å². The van der Waals surface area contributed by atoms with Crippen molar-refractivity contribution >= 4 is 64.8 Å². The number of carbonyl (C=O) groups excluding carboxylic acids is 1. The van der Waals surface area contributed by atoms with E-state index in [0.29, 0.717) is 29.5 Å². The number of thiazole rings is 1. The Morgan fingerprint density at radius 2 is 1.63 bits per heavy atom. The van der Waals surface area contributed by atoms with Crippen molar-refractivity contribution in [3.8, 4) is 5.75 Å². The lowest BCUT2D eigenvalue weighted by Gasteiger charge is -2.25. The quantitative estimate of drug-likeness (QED) is 0.127. The summed E-state index contributed by atoms with van der Waals surface area (Å²) >= 11 is 4.73. The van der Waals surface area contributed by atoms with Crippen molar-refractivity contribution in [1.29, 1.82) is 0 Å². The molecule has 8 nitrogen and oxygen atoms in total. The maximum atomic E-state index is 13.8. The van der Waals surface area contributed by atoms with E-state index < -0.39 is 15.9 Å². The number of hydrogen-bond donors (Lipinski definition) is 0. The summed E-state index contributed by atoms with van der Waals surface area (Å²) in [6, 6.07) is 19.0. The molecule has 0 aliphatic rings. The van der Waals surface area contributed by atoms with Crippen LogP contribution in [0.3, 0.4) is 0 Å². The van der Waals surface area contributed by atoms with E-state index in [1.165, 1.54) is 44.9 Å². The van der Waals surface area contributed by atoms with E-state index in [-0.39, 0.29) is 22.3 Å². The molecule has 0 atom stereocenters. The maximum Gasteiger partial charge on any atom is 0.280 e. The Kier molecular flexibility index (Phi) is 9.96. The lowest BCUT2D eigenvalue weighted by molar-refractivity contribution is 0.0987. The number of hydrogen-bond acceptors (Lipinski definition) is 7. The van der Waals surface area contributed by atoms with Gasteiger partial charge in [-0.3, -0.25) is 4.79 Å². The smallest absolute Gasteiger partial charge is 0.280 e. The van der Waals surface area contributed by atoms with Gasteiger partial charge in [0.05, 0.1) is 28.4 Å². The van der Waals surface area contributed by atoms with E-state index in [4.69, 9.17) is 4.74 Å². The zero-order chi connectivity index (χ0) is 29.7. The van der Waals surface area contributed by atoms with Gasteiger partial charge in [0.2, 0.25) is 15.2 Å². The van der Waals surface area contributed by atoms with Crippen LogP contribution in [0.25, 0.3) is 10.2 Å². The lowest BCUT2D eigenvalue weighted by atomic mass is 10.2. The standard InChI is InChI=1S/C30H33BrN4O4S2/c1-20(2)18-34(19-21(3)4)41(37,38)26-13-8-23(9-14-26)29(36)35(32-17-22-6-10-24(31)11-7-22)30-33-27-15-12-25(39-5)16-28(27)40-30/h6-17,20-21H,18-19H2,1-5H3/b32-17+. The van der Waals surface area contributed by atoms with Crippen LogP contribution < -0.4 is 9.75 Å². The molecule has 4 aromatic rings. The number of rotatable bonds is 11. The SMILES string of the molecule is COc1ccc2nc(N(/N=C/c3ccc(Br)cc3)C(=O)c3ccc(S(=O)(=O)N(CC(C)C)CC(C)C)cc3)sc2c1. The number of halogens is 1. The van der Waals surface area contributed by atoms with Crippen molar-refractivity contribution in [1.82, 2.24) is 9.29 Å². The van der Waals surface area contributed by atoms with Gasteiger partial charge < -0.3 is 4.74 Å². The first-order valence-corrected chi connectivity index (χ1v) is 16.2. The third-order valence-electron chi connectivity index (χ3n) is 6.03. The number of nitrogens with zero attached hydrogens (tertiary/aromatic N) is 4. The van der Waals surface area contributed by atoms with Gasteiger partial charge in [-0.2, -0.15) is 14.4 Å². The van der Waals surface area contributed by atoms with Crippen LogP contribution in [0.1, 0.15) is 43.6 Å². The molecule has 0 spiro atoms. The fourth-order valence-corrected chi connectivity index (χ4v) is 7.08. The van der Waals surface area contributed by atoms with Crippen LogP contribution in [0.15, 0.2) is 81.2 Å². The number of fused-ring (bicyclic) bond motifs is 1. The topological polar surface area (TPSA) is 92.2 Å². The molecular weight excluding hydrogens is 624 g/mol. The number of amides is 1.